The van der Waals surface area contributed by atoms with Crippen LogP contribution in [-0.4, -0.2) is 37.3 Å². The van der Waals surface area contributed by atoms with Gasteiger partial charge in [-0.3, -0.25) is 0 Å². The lowest BCUT2D eigenvalue weighted by Gasteiger charge is -2.36. The minimum atomic E-state index is -3.29. The molecule has 0 atom stereocenters. The summed E-state index contributed by atoms with van der Waals surface area (Å²) in [6, 6.07) is 0. The minimum Gasteiger partial charge on any atom is -0.394 e. The van der Waals surface area contributed by atoms with Crippen LogP contribution in [0.2, 0.25) is 0 Å². The zero-order chi connectivity index (χ0) is 12.8. The first-order valence-corrected chi connectivity index (χ1v) is 8.41. The van der Waals surface area contributed by atoms with Crippen molar-refractivity contribution in [2.45, 2.75) is 50.5 Å². The van der Waals surface area contributed by atoms with Gasteiger partial charge in [0, 0.05) is 5.88 Å². The fraction of sp³-hybridized carbons (Fsp3) is 1.00. The molecule has 1 rings (SSSR count). The summed E-state index contributed by atoms with van der Waals surface area (Å²) in [5, 5.41) is 9.43. The van der Waals surface area contributed by atoms with Crippen LogP contribution in [0, 0.1) is 0 Å². The van der Waals surface area contributed by atoms with E-state index >= 15 is 0 Å². The number of sulfonamides is 1. The maximum absolute atomic E-state index is 11.9. The molecule has 0 aromatic carbocycles. The van der Waals surface area contributed by atoms with Crippen LogP contribution in [0.1, 0.15) is 44.9 Å². The standard InChI is InChI=1S/C11H22ClNO3S/c12-8-4-5-9-17(15,16)13-11(10-14)6-2-1-3-7-11/h13-14H,1-10H2. The first-order chi connectivity index (χ1) is 8.04. The zero-order valence-electron chi connectivity index (χ0n) is 10.1. The molecular formula is C11H22ClNO3S. The molecule has 0 unspecified atom stereocenters. The molecule has 17 heavy (non-hydrogen) atoms. The predicted octanol–water partition coefficient (Wildman–Crippen LogP) is 1.62. The van der Waals surface area contributed by atoms with E-state index in [1.165, 1.54) is 0 Å². The van der Waals surface area contributed by atoms with E-state index < -0.39 is 15.6 Å². The second-order valence-corrected chi connectivity index (χ2v) is 7.04. The van der Waals surface area contributed by atoms with Crippen molar-refractivity contribution in [1.82, 2.24) is 4.72 Å². The number of hydrogen-bond donors (Lipinski definition) is 2. The van der Waals surface area contributed by atoms with Crippen LogP contribution >= 0.6 is 11.6 Å². The van der Waals surface area contributed by atoms with Gasteiger partial charge in [-0.2, -0.15) is 0 Å². The van der Waals surface area contributed by atoms with Crippen LogP contribution in [0.15, 0.2) is 0 Å². The zero-order valence-corrected chi connectivity index (χ0v) is 11.7. The van der Waals surface area contributed by atoms with Gasteiger partial charge in [0.05, 0.1) is 17.9 Å². The molecule has 0 heterocycles. The average Bonchev–Trinajstić information content (AvgIpc) is 2.30. The van der Waals surface area contributed by atoms with E-state index in [9.17, 15) is 13.5 Å². The summed E-state index contributed by atoms with van der Waals surface area (Å²) >= 11 is 5.52. The third-order valence-electron chi connectivity index (χ3n) is 3.28. The lowest BCUT2D eigenvalue weighted by molar-refractivity contribution is 0.142. The maximum Gasteiger partial charge on any atom is 0.212 e. The molecule has 1 aliphatic carbocycles. The second kappa shape index (κ2) is 6.92. The van der Waals surface area contributed by atoms with Crippen molar-refractivity contribution in [2.75, 3.05) is 18.2 Å². The molecule has 0 aliphatic heterocycles. The Hall–Kier alpha value is 0.160. The summed E-state index contributed by atoms with van der Waals surface area (Å²) < 4.78 is 26.4. The van der Waals surface area contributed by atoms with Crippen molar-refractivity contribution in [3.8, 4) is 0 Å². The Morgan fingerprint density at radius 1 is 1.18 bits per heavy atom. The van der Waals surface area contributed by atoms with Crippen LogP contribution in [0.3, 0.4) is 0 Å². The number of aliphatic hydroxyl groups is 1. The number of aliphatic hydroxyl groups excluding tert-OH is 1. The van der Waals surface area contributed by atoms with Crippen LogP contribution in [0.5, 0.6) is 0 Å². The summed E-state index contributed by atoms with van der Waals surface area (Å²) in [5.41, 5.74) is -0.613. The molecule has 0 bridgehead atoms. The van der Waals surface area contributed by atoms with Crippen molar-refractivity contribution < 1.29 is 13.5 Å². The van der Waals surface area contributed by atoms with Crippen molar-refractivity contribution in [2.24, 2.45) is 0 Å². The molecule has 2 N–H and O–H groups in total. The maximum atomic E-state index is 11.9. The van der Waals surface area contributed by atoms with Gasteiger partial charge >= 0.3 is 0 Å². The van der Waals surface area contributed by atoms with Gasteiger partial charge in [0.1, 0.15) is 0 Å². The third-order valence-corrected chi connectivity index (χ3v) is 5.12. The molecule has 0 radical (unpaired) electrons. The Morgan fingerprint density at radius 3 is 2.35 bits per heavy atom. The van der Waals surface area contributed by atoms with E-state index in [-0.39, 0.29) is 12.4 Å². The first kappa shape index (κ1) is 15.2. The van der Waals surface area contributed by atoms with Gasteiger partial charge in [-0.15, -0.1) is 11.6 Å². The smallest absolute Gasteiger partial charge is 0.212 e. The molecule has 4 nitrogen and oxygen atoms in total. The van der Waals surface area contributed by atoms with Gasteiger partial charge < -0.3 is 5.11 Å². The number of alkyl halides is 1. The summed E-state index contributed by atoms with van der Waals surface area (Å²) in [7, 11) is -3.29. The topological polar surface area (TPSA) is 66.4 Å². The Kier molecular flexibility index (Phi) is 6.20. The molecule has 1 saturated carbocycles. The largest absolute Gasteiger partial charge is 0.394 e. The molecule has 0 aromatic heterocycles. The average molecular weight is 284 g/mol. The summed E-state index contributed by atoms with van der Waals surface area (Å²) in [4.78, 5) is 0. The first-order valence-electron chi connectivity index (χ1n) is 6.22. The van der Waals surface area contributed by atoms with E-state index in [1.807, 2.05) is 0 Å². The van der Waals surface area contributed by atoms with E-state index in [2.05, 4.69) is 4.72 Å². The third kappa shape index (κ3) is 5.12. The molecular weight excluding hydrogens is 262 g/mol. The second-order valence-electron chi connectivity index (χ2n) is 4.82. The van der Waals surface area contributed by atoms with Crippen LogP contribution in [0.4, 0.5) is 0 Å². The van der Waals surface area contributed by atoms with E-state index in [0.29, 0.717) is 18.7 Å². The van der Waals surface area contributed by atoms with Crippen molar-refractivity contribution in [3.63, 3.8) is 0 Å². The highest BCUT2D eigenvalue weighted by molar-refractivity contribution is 7.89. The Labute approximate surface area is 109 Å². The number of rotatable bonds is 7. The van der Waals surface area contributed by atoms with Crippen LogP contribution < -0.4 is 4.72 Å². The van der Waals surface area contributed by atoms with E-state index in [1.54, 1.807) is 0 Å². The van der Waals surface area contributed by atoms with Gasteiger partial charge in [0.2, 0.25) is 10.0 Å². The van der Waals surface area contributed by atoms with Crippen molar-refractivity contribution >= 4 is 21.6 Å². The van der Waals surface area contributed by atoms with Gasteiger partial charge in [0.25, 0.3) is 0 Å². The van der Waals surface area contributed by atoms with Gasteiger partial charge in [0.15, 0.2) is 0 Å². The van der Waals surface area contributed by atoms with E-state index in [4.69, 9.17) is 11.6 Å². The molecule has 1 fully saturated rings. The molecule has 0 amide bonds. The predicted molar refractivity (Wildman–Crippen MR) is 69.8 cm³/mol. The Bertz CT molecular complexity index is 313. The number of unbranched alkanes of at least 4 members (excludes halogenated alkanes) is 1. The fourth-order valence-corrected chi connectivity index (χ4v) is 4.09. The number of halogens is 1. The highest BCUT2D eigenvalue weighted by atomic mass is 35.5. The summed E-state index contributed by atoms with van der Waals surface area (Å²) in [6.45, 7) is -0.109. The van der Waals surface area contributed by atoms with Crippen molar-refractivity contribution in [3.05, 3.63) is 0 Å². The monoisotopic (exact) mass is 283 g/mol. The molecule has 6 heteroatoms. The quantitative estimate of drug-likeness (QED) is 0.551. The Morgan fingerprint density at radius 2 is 1.82 bits per heavy atom. The molecule has 1 aliphatic rings. The minimum absolute atomic E-state index is 0.0987. The highest BCUT2D eigenvalue weighted by Crippen LogP contribution is 2.28. The summed E-state index contributed by atoms with van der Waals surface area (Å²) in [5.74, 6) is 0.585. The highest BCUT2D eigenvalue weighted by Gasteiger charge is 2.34. The van der Waals surface area contributed by atoms with Crippen LogP contribution in [-0.2, 0) is 10.0 Å². The van der Waals surface area contributed by atoms with E-state index in [0.717, 1.165) is 32.1 Å². The van der Waals surface area contributed by atoms with Gasteiger partial charge in [-0.05, 0) is 25.7 Å². The molecule has 0 aromatic rings. The SMILES string of the molecule is O=S(=O)(CCCCCl)NC1(CO)CCCCC1. The number of hydrogen-bond acceptors (Lipinski definition) is 3. The van der Waals surface area contributed by atoms with Crippen LogP contribution in [0.25, 0.3) is 0 Å². The summed E-state index contributed by atoms with van der Waals surface area (Å²) in [6.07, 6.45) is 5.82. The molecule has 0 spiro atoms. The molecule has 102 valence electrons. The van der Waals surface area contributed by atoms with Crippen molar-refractivity contribution in [1.29, 1.82) is 0 Å². The van der Waals surface area contributed by atoms with Gasteiger partial charge in [-0.1, -0.05) is 19.3 Å². The van der Waals surface area contributed by atoms with Gasteiger partial charge in [-0.25, -0.2) is 13.1 Å². The Balaban J connectivity index is 2.54. The molecule has 0 saturated heterocycles. The number of nitrogens with one attached hydrogen (secondary N) is 1. The normalized spacial score (nSPS) is 20.4. The lowest BCUT2D eigenvalue weighted by atomic mass is 9.83. The lowest BCUT2D eigenvalue weighted by Crippen LogP contribution is -2.53. The fourth-order valence-electron chi connectivity index (χ4n) is 2.29.